The number of nitrogens with one attached hydrogen (secondary N) is 2. The molecule has 0 unspecified atom stereocenters. The molecular formula is C15H13N3O3. The van der Waals surface area contributed by atoms with Crippen molar-refractivity contribution in [3.05, 3.63) is 50.5 Å². The zero-order valence-corrected chi connectivity index (χ0v) is 11.1. The molecule has 106 valence electrons. The van der Waals surface area contributed by atoms with Crippen LogP contribution in [0, 0.1) is 0 Å². The Hall–Kier alpha value is -2.76. The molecule has 0 fully saturated rings. The van der Waals surface area contributed by atoms with E-state index in [-0.39, 0.29) is 22.4 Å². The van der Waals surface area contributed by atoms with Gasteiger partial charge < -0.3 is 9.67 Å². The van der Waals surface area contributed by atoms with Crippen molar-refractivity contribution in [1.29, 1.82) is 0 Å². The minimum atomic E-state index is -0.337. The van der Waals surface area contributed by atoms with E-state index < -0.39 is 0 Å². The number of hydrogen-bond acceptors (Lipinski definition) is 3. The minimum absolute atomic E-state index is 0.0785. The van der Waals surface area contributed by atoms with Crippen molar-refractivity contribution in [1.82, 2.24) is 14.8 Å². The molecule has 4 rings (SSSR count). The van der Waals surface area contributed by atoms with Crippen LogP contribution in [0.1, 0.15) is 12.0 Å². The van der Waals surface area contributed by atoms with Crippen molar-refractivity contribution < 1.29 is 5.11 Å². The highest BCUT2D eigenvalue weighted by Gasteiger charge is 2.22. The molecule has 1 aliphatic heterocycles. The van der Waals surface area contributed by atoms with Crippen LogP contribution in [0.15, 0.2) is 33.9 Å². The smallest absolute Gasteiger partial charge is 0.264 e. The number of aromatic hydroxyl groups is 1. The van der Waals surface area contributed by atoms with Crippen LogP contribution in [-0.2, 0) is 13.0 Å². The Bertz CT molecular complexity index is 978. The van der Waals surface area contributed by atoms with Gasteiger partial charge in [0.05, 0.1) is 11.2 Å². The Morgan fingerprint density at radius 1 is 1.19 bits per heavy atom. The minimum Gasteiger partial charge on any atom is -0.506 e. The zero-order chi connectivity index (χ0) is 14.6. The van der Waals surface area contributed by atoms with E-state index in [9.17, 15) is 14.7 Å². The lowest BCUT2D eigenvalue weighted by Crippen LogP contribution is -2.26. The summed E-state index contributed by atoms with van der Waals surface area (Å²) < 4.78 is 1.69. The number of benzene rings is 1. The average molecular weight is 283 g/mol. The zero-order valence-electron chi connectivity index (χ0n) is 11.1. The standard InChI is InChI=1S/C15H13N3O3/c19-11-7-10(16-17-11)12-14(20)9-5-1-3-8-4-2-6-18(13(8)9)15(12)21/h1,3,5,7,20H,2,4,6H2,(H2,16,17,19). The van der Waals surface area contributed by atoms with E-state index in [2.05, 4.69) is 10.2 Å². The number of aromatic nitrogens is 3. The third-order valence-electron chi connectivity index (χ3n) is 4.03. The normalized spacial score (nSPS) is 13.7. The lowest BCUT2D eigenvalue weighted by Gasteiger charge is -2.21. The molecule has 3 heterocycles. The summed E-state index contributed by atoms with van der Waals surface area (Å²) in [5.74, 6) is -0.0785. The number of H-pyrrole nitrogens is 2. The molecule has 0 spiro atoms. The fraction of sp³-hybridized carbons (Fsp3) is 0.200. The van der Waals surface area contributed by atoms with Crippen LogP contribution >= 0.6 is 0 Å². The molecule has 0 saturated heterocycles. The van der Waals surface area contributed by atoms with Crippen molar-refractivity contribution >= 4 is 10.9 Å². The first-order valence-corrected chi connectivity index (χ1v) is 6.82. The van der Waals surface area contributed by atoms with Gasteiger partial charge in [-0.3, -0.25) is 19.8 Å². The topological polar surface area (TPSA) is 90.9 Å². The van der Waals surface area contributed by atoms with Crippen LogP contribution in [0.5, 0.6) is 5.75 Å². The summed E-state index contributed by atoms with van der Waals surface area (Å²) in [6.07, 6.45) is 1.79. The summed E-state index contributed by atoms with van der Waals surface area (Å²) in [4.78, 5) is 24.0. The number of aromatic amines is 2. The van der Waals surface area contributed by atoms with Crippen LogP contribution in [0.4, 0.5) is 0 Å². The number of hydrogen-bond donors (Lipinski definition) is 3. The Balaban J connectivity index is 2.20. The highest BCUT2D eigenvalue weighted by Crippen LogP contribution is 2.34. The van der Waals surface area contributed by atoms with Gasteiger partial charge in [-0.2, -0.15) is 0 Å². The van der Waals surface area contributed by atoms with Crippen LogP contribution < -0.4 is 11.1 Å². The third kappa shape index (κ3) is 1.59. The number of pyridine rings is 1. The van der Waals surface area contributed by atoms with Crippen molar-refractivity contribution in [3.8, 4) is 17.0 Å². The van der Waals surface area contributed by atoms with Crippen LogP contribution in [0.25, 0.3) is 22.2 Å². The fourth-order valence-corrected chi connectivity index (χ4v) is 3.13. The first kappa shape index (κ1) is 12.0. The summed E-state index contributed by atoms with van der Waals surface area (Å²) in [6, 6.07) is 6.93. The van der Waals surface area contributed by atoms with Gasteiger partial charge in [0.2, 0.25) is 0 Å². The van der Waals surface area contributed by atoms with Crippen LogP contribution in [0.3, 0.4) is 0 Å². The molecule has 0 saturated carbocycles. The molecule has 2 aromatic heterocycles. The van der Waals surface area contributed by atoms with Gasteiger partial charge in [-0.25, -0.2) is 0 Å². The van der Waals surface area contributed by atoms with Gasteiger partial charge in [0.1, 0.15) is 11.3 Å². The predicted octanol–water partition coefficient (Wildman–Crippen LogP) is 1.34. The maximum absolute atomic E-state index is 12.7. The van der Waals surface area contributed by atoms with Crippen molar-refractivity contribution in [3.63, 3.8) is 0 Å². The summed E-state index contributed by atoms with van der Waals surface area (Å²) in [6.45, 7) is 0.619. The second kappa shape index (κ2) is 4.12. The first-order chi connectivity index (χ1) is 10.2. The van der Waals surface area contributed by atoms with E-state index in [0.29, 0.717) is 17.6 Å². The van der Waals surface area contributed by atoms with Gasteiger partial charge >= 0.3 is 0 Å². The predicted molar refractivity (Wildman–Crippen MR) is 78.6 cm³/mol. The molecule has 0 aliphatic carbocycles. The van der Waals surface area contributed by atoms with E-state index >= 15 is 0 Å². The molecule has 0 radical (unpaired) electrons. The Kier molecular flexibility index (Phi) is 2.35. The summed E-state index contributed by atoms with van der Waals surface area (Å²) in [7, 11) is 0. The van der Waals surface area contributed by atoms with Gasteiger partial charge in [0, 0.05) is 18.0 Å². The quantitative estimate of drug-likeness (QED) is 0.629. The molecular weight excluding hydrogens is 270 g/mol. The maximum atomic E-state index is 12.7. The van der Waals surface area contributed by atoms with Gasteiger partial charge in [-0.15, -0.1) is 0 Å². The highest BCUT2D eigenvalue weighted by molar-refractivity contribution is 5.93. The molecule has 21 heavy (non-hydrogen) atoms. The molecule has 0 bridgehead atoms. The number of para-hydroxylation sites is 1. The van der Waals surface area contributed by atoms with E-state index in [1.165, 1.54) is 6.07 Å². The van der Waals surface area contributed by atoms with Crippen LogP contribution in [0.2, 0.25) is 0 Å². The molecule has 6 heteroatoms. The lowest BCUT2D eigenvalue weighted by molar-refractivity contribution is 0.479. The molecule has 6 nitrogen and oxygen atoms in total. The van der Waals surface area contributed by atoms with E-state index in [1.807, 2.05) is 12.1 Å². The average Bonchev–Trinajstić information content (AvgIpc) is 2.91. The van der Waals surface area contributed by atoms with Crippen molar-refractivity contribution in [2.24, 2.45) is 0 Å². The molecule has 3 N–H and O–H groups in total. The number of rotatable bonds is 1. The Morgan fingerprint density at radius 2 is 2.05 bits per heavy atom. The maximum Gasteiger partial charge on any atom is 0.264 e. The lowest BCUT2D eigenvalue weighted by atomic mass is 9.98. The Labute approximate surface area is 118 Å². The Morgan fingerprint density at radius 3 is 2.81 bits per heavy atom. The SMILES string of the molecule is O=c1cc(-c2c(O)c3cccc4c3n(c2=O)CCC4)[nH][nH]1. The molecule has 3 aromatic rings. The second-order valence-electron chi connectivity index (χ2n) is 5.27. The van der Waals surface area contributed by atoms with Crippen molar-refractivity contribution in [2.75, 3.05) is 0 Å². The van der Waals surface area contributed by atoms with Gasteiger partial charge in [-0.1, -0.05) is 12.1 Å². The second-order valence-corrected chi connectivity index (χ2v) is 5.27. The van der Waals surface area contributed by atoms with Gasteiger partial charge in [0.15, 0.2) is 0 Å². The molecule has 1 aromatic carbocycles. The molecule has 0 amide bonds. The molecule has 0 atom stereocenters. The highest BCUT2D eigenvalue weighted by atomic mass is 16.3. The number of nitrogens with zero attached hydrogens (tertiary/aromatic N) is 1. The first-order valence-electron chi connectivity index (χ1n) is 6.82. The largest absolute Gasteiger partial charge is 0.506 e. The summed E-state index contributed by atoms with van der Waals surface area (Å²) in [5, 5.41) is 16.2. The summed E-state index contributed by atoms with van der Waals surface area (Å²) in [5.41, 5.74) is 1.70. The monoisotopic (exact) mass is 283 g/mol. The summed E-state index contributed by atoms with van der Waals surface area (Å²) >= 11 is 0. The van der Waals surface area contributed by atoms with Gasteiger partial charge in [-0.05, 0) is 24.5 Å². The fourth-order valence-electron chi connectivity index (χ4n) is 3.13. The molecule has 1 aliphatic rings. The third-order valence-corrected chi connectivity index (χ3v) is 4.03. The van der Waals surface area contributed by atoms with E-state index in [0.717, 1.165) is 23.9 Å². The van der Waals surface area contributed by atoms with Crippen molar-refractivity contribution in [2.45, 2.75) is 19.4 Å². The number of aryl methyl sites for hydroxylation is 2. The van der Waals surface area contributed by atoms with Crippen LogP contribution in [-0.4, -0.2) is 19.9 Å². The van der Waals surface area contributed by atoms with Gasteiger partial charge in [0.25, 0.3) is 11.1 Å². The van der Waals surface area contributed by atoms with E-state index in [4.69, 9.17) is 0 Å². The van der Waals surface area contributed by atoms with E-state index in [1.54, 1.807) is 10.6 Å².